The van der Waals surface area contributed by atoms with Gasteiger partial charge < -0.3 is 9.47 Å². The molecule has 128 valence electrons. The first-order valence-corrected chi connectivity index (χ1v) is 7.56. The lowest BCUT2D eigenvalue weighted by Gasteiger charge is -2.28. The molecular formula is C16H23ClN2O4. The van der Waals surface area contributed by atoms with Crippen molar-refractivity contribution in [3.63, 3.8) is 0 Å². The molecule has 2 amide bonds. The first kappa shape index (κ1) is 19.2. The highest BCUT2D eigenvalue weighted by Crippen LogP contribution is 2.23. The molecule has 0 aliphatic heterocycles. The van der Waals surface area contributed by atoms with Crippen LogP contribution in [0.5, 0.6) is 0 Å². The number of hydrogen-bond donors (Lipinski definition) is 0. The minimum atomic E-state index is -0.874. The summed E-state index contributed by atoms with van der Waals surface area (Å²) in [4.78, 5) is 29.6. The summed E-state index contributed by atoms with van der Waals surface area (Å²) in [5, 5.41) is 0.164. The van der Waals surface area contributed by atoms with Crippen LogP contribution in [0.3, 0.4) is 0 Å². The van der Waals surface area contributed by atoms with Crippen LogP contribution in [0.4, 0.5) is 15.4 Å². The van der Waals surface area contributed by atoms with E-state index in [0.717, 1.165) is 10.5 Å². The summed E-state index contributed by atoms with van der Waals surface area (Å²) in [6, 6.07) is 3.17. The van der Waals surface area contributed by atoms with Gasteiger partial charge in [0.05, 0.1) is 0 Å². The zero-order valence-electron chi connectivity index (χ0n) is 14.6. The van der Waals surface area contributed by atoms with E-state index in [9.17, 15) is 9.59 Å². The van der Waals surface area contributed by atoms with E-state index in [-0.39, 0.29) is 11.0 Å². The number of pyridine rings is 1. The van der Waals surface area contributed by atoms with E-state index in [1.807, 2.05) is 0 Å². The highest BCUT2D eigenvalue weighted by molar-refractivity contribution is 6.29. The molecule has 0 unspecified atom stereocenters. The molecule has 1 aromatic rings. The molecule has 0 saturated carbocycles. The van der Waals surface area contributed by atoms with E-state index in [0.29, 0.717) is 0 Å². The Balaban J connectivity index is 3.25. The van der Waals surface area contributed by atoms with E-state index in [2.05, 4.69) is 4.98 Å². The van der Waals surface area contributed by atoms with E-state index in [4.69, 9.17) is 21.1 Å². The van der Waals surface area contributed by atoms with Crippen LogP contribution >= 0.6 is 11.6 Å². The fourth-order valence-corrected chi connectivity index (χ4v) is 1.86. The summed E-state index contributed by atoms with van der Waals surface area (Å²) in [5.74, 6) is 0.0542. The number of nitrogens with zero attached hydrogens (tertiary/aromatic N) is 2. The zero-order chi connectivity index (χ0) is 18.0. The number of amides is 2. The first-order valence-electron chi connectivity index (χ1n) is 7.19. The van der Waals surface area contributed by atoms with Gasteiger partial charge >= 0.3 is 12.2 Å². The molecule has 23 heavy (non-hydrogen) atoms. The molecule has 7 heteroatoms. The van der Waals surface area contributed by atoms with E-state index in [1.54, 1.807) is 60.6 Å². The summed E-state index contributed by atoms with van der Waals surface area (Å²) in [7, 11) is 0. The maximum absolute atomic E-state index is 12.4. The Kier molecular flexibility index (Phi) is 5.64. The fraction of sp³-hybridized carbons (Fsp3) is 0.562. The molecule has 1 rings (SSSR count). The Morgan fingerprint density at radius 1 is 1.00 bits per heavy atom. The number of rotatable bonds is 1. The zero-order valence-corrected chi connectivity index (χ0v) is 15.3. The second kappa shape index (κ2) is 6.74. The van der Waals surface area contributed by atoms with Gasteiger partial charge in [-0.2, -0.15) is 4.90 Å². The van der Waals surface area contributed by atoms with Crippen LogP contribution in [-0.4, -0.2) is 28.4 Å². The molecule has 0 aliphatic carbocycles. The van der Waals surface area contributed by atoms with Crippen molar-refractivity contribution in [2.75, 3.05) is 4.90 Å². The van der Waals surface area contributed by atoms with Crippen molar-refractivity contribution in [2.24, 2.45) is 0 Å². The summed E-state index contributed by atoms with van der Waals surface area (Å²) < 4.78 is 10.5. The number of aryl methyl sites for hydroxylation is 1. The van der Waals surface area contributed by atoms with Crippen molar-refractivity contribution in [1.82, 2.24) is 4.98 Å². The van der Waals surface area contributed by atoms with Crippen molar-refractivity contribution in [2.45, 2.75) is 59.7 Å². The van der Waals surface area contributed by atoms with Crippen LogP contribution in [0.2, 0.25) is 5.15 Å². The van der Waals surface area contributed by atoms with Crippen molar-refractivity contribution in [3.8, 4) is 0 Å². The lowest BCUT2D eigenvalue weighted by atomic mass is 10.2. The van der Waals surface area contributed by atoms with Gasteiger partial charge in [-0.3, -0.25) is 0 Å². The van der Waals surface area contributed by atoms with E-state index >= 15 is 0 Å². The first-order chi connectivity index (χ1) is 10.3. The number of anilines is 1. The van der Waals surface area contributed by atoms with Gasteiger partial charge in [-0.25, -0.2) is 14.6 Å². The van der Waals surface area contributed by atoms with Crippen molar-refractivity contribution < 1.29 is 19.1 Å². The molecule has 0 aromatic carbocycles. The molecule has 0 spiro atoms. The van der Waals surface area contributed by atoms with Crippen LogP contribution < -0.4 is 4.90 Å². The van der Waals surface area contributed by atoms with Gasteiger partial charge in [0.2, 0.25) is 0 Å². The highest BCUT2D eigenvalue weighted by Gasteiger charge is 2.33. The fourth-order valence-electron chi connectivity index (χ4n) is 1.60. The summed E-state index contributed by atoms with van der Waals surface area (Å²) in [5.41, 5.74) is -0.798. The minimum absolute atomic E-state index is 0.0542. The number of halogens is 1. The van der Waals surface area contributed by atoms with Gasteiger partial charge in [0, 0.05) is 0 Å². The predicted octanol–water partition coefficient (Wildman–Crippen LogP) is 4.72. The second-order valence-corrected chi connectivity index (χ2v) is 7.51. The molecule has 0 aliphatic rings. The van der Waals surface area contributed by atoms with E-state index in [1.165, 1.54) is 0 Å². The summed E-state index contributed by atoms with van der Waals surface area (Å²) in [6.07, 6.45) is -1.75. The van der Waals surface area contributed by atoms with Gasteiger partial charge in [-0.15, -0.1) is 0 Å². The van der Waals surface area contributed by atoms with Crippen LogP contribution in [-0.2, 0) is 9.47 Å². The van der Waals surface area contributed by atoms with Gasteiger partial charge in [0.25, 0.3) is 0 Å². The normalized spacial score (nSPS) is 11.8. The van der Waals surface area contributed by atoms with Gasteiger partial charge in [-0.05, 0) is 66.2 Å². The number of hydrogen-bond acceptors (Lipinski definition) is 5. The SMILES string of the molecule is Cc1cc(Cl)nc(N(C(=O)OC(C)(C)C)C(=O)OC(C)(C)C)c1. The van der Waals surface area contributed by atoms with Crippen molar-refractivity contribution >= 4 is 29.6 Å². The number of ether oxygens (including phenoxy) is 2. The quantitative estimate of drug-likeness (QED) is 0.690. The monoisotopic (exact) mass is 342 g/mol. The summed E-state index contributed by atoms with van der Waals surface area (Å²) in [6.45, 7) is 12.0. The van der Waals surface area contributed by atoms with E-state index < -0.39 is 23.4 Å². The number of carbonyl (C=O) groups excluding carboxylic acids is 2. The van der Waals surface area contributed by atoms with Gasteiger partial charge in [0.15, 0.2) is 5.82 Å². The predicted molar refractivity (Wildman–Crippen MR) is 88.9 cm³/mol. The third-order valence-electron chi connectivity index (χ3n) is 2.31. The molecule has 0 bridgehead atoms. The van der Waals surface area contributed by atoms with Crippen LogP contribution in [0, 0.1) is 6.92 Å². The third kappa shape index (κ3) is 6.44. The lowest BCUT2D eigenvalue weighted by Crippen LogP contribution is -2.44. The molecule has 0 saturated heterocycles. The van der Waals surface area contributed by atoms with Gasteiger partial charge in [-0.1, -0.05) is 11.6 Å². The summed E-state index contributed by atoms with van der Waals surface area (Å²) >= 11 is 5.93. The molecule has 1 heterocycles. The number of aromatic nitrogens is 1. The maximum Gasteiger partial charge on any atom is 0.425 e. The Hall–Kier alpha value is -1.82. The Labute approximate surface area is 141 Å². The molecule has 0 fully saturated rings. The number of carbonyl (C=O) groups is 2. The smallest absolute Gasteiger partial charge is 0.425 e. The topological polar surface area (TPSA) is 68.7 Å². The second-order valence-electron chi connectivity index (χ2n) is 7.12. The Bertz CT molecular complexity index is 555. The minimum Gasteiger partial charge on any atom is -0.443 e. The molecular weight excluding hydrogens is 320 g/mol. The van der Waals surface area contributed by atoms with Crippen LogP contribution in [0.1, 0.15) is 47.1 Å². The average Bonchev–Trinajstić information content (AvgIpc) is 2.21. The molecule has 0 N–H and O–H groups in total. The molecule has 0 radical (unpaired) electrons. The molecule has 0 atom stereocenters. The standard InChI is InChI=1S/C16H23ClN2O4/c1-10-8-11(17)18-12(9-10)19(13(20)22-15(2,3)4)14(21)23-16(5,6)7/h8-9H,1-7H3. The highest BCUT2D eigenvalue weighted by atomic mass is 35.5. The third-order valence-corrected chi connectivity index (χ3v) is 2.50. The number of imide groups is 1. The van der Waals surface area contributed by atoms with Crippen molar-refractivity contribution in [3.05, 3.63) is 22.8 Å². The molecule has 1 aromatic heterocycles. The maximum atomic E-state index is 12.4. The van der Waals surface area contributed by atoms with Crippen LogP contribution in [0.25, 0.3) is 0 Å². The van der Waals surface area contributed by atoms with Gasteiger partial charge in [0.1, 0.15) is 16.4 Å². The van der Waals surface area contributed by atoms with Crippen molar-refractivity contribution in [1.29, 1.82) is 0 Å². The Morgan fingerprint density at radius 2 is 1.43 bits per heavy atom. The molecule has 6 nitrogen and oxygen atoms in total. The lowest BCUT2D eigenvalue weighted by molar-refractivity contribution is 0.0429. The Morgan fingerprint density at radius 3 is 1.78 bits per heavy atom. The largest absolute Gasteiger partial charge is 0.443 e. The average molecular weight is 343 g/mol. The van der Waals surface area contributed by atoms with Crippen LogP contribution in [0.15, 0.2) is 12.1 Å².